The van der Waals surface area contributed by atoms with E-state index in [0.717, 1.165) is 30.5 Å². The van der Waals surface area contributed by atoms with Gasteiger partial charge in [-0.15, -0.1) is 11.3 Å². The van der Waals surface area contributed by atoms with Crippen molar-refractivity contribution in [3.8, 4) is 21.7 Å². The van der Waals surface area contributed by atoms with Gasteiger partial charge in [-0.05, 0) is 65.1 Å². The van der Waals surface area contributed by atoms with Crippen molar-refractivity contribution >= 4 is 23.1 Å². The molecule has 4 N–H and O–H groups in total. The van der Waals surface area contributed by atoms with Crippen LogP contribution in [0.15, 0.2) is 60.1 Å². The van der Waals surface area contributed by atoms with Crippen LogP contribution in [0.2, 0.25) is 0 Å². The summed E-state index contributed by atoms with van der Waals surface area (Å²) in [6, 6.07) is 17.6. The van der Waals surface area contributed by atoms with E-state index in [1.807, 2.05) is 12.1 Å². The lowest BCUT2D eigenvalue weighted by Gasteiger charge is -2.15. The molecule has 2 aromatic heterocycles. The number of nitrogens with one attached hydrogen (secondary N) is 2. The van der Waals surface area contributed by atoms with Crippen molar-refractivity contribution in [1.29, 1.82) is 0 Å². The lowest BCUT2D eigenvalue weighted by molar-refractivity contribution is 0.0959. The van der Waals surface area contributed by atoms with Crippen LogP contribution in [0.3, 0.4) is 0 Å². The van der Waals surface area contributed by atoms with Gasteiger partial charge in [0.15, 0.2) is 11.5 Å². The number of nitrogen functional groups attached to an aromatic ring is 1. The van der Waals surface area contributed by atoms with E-state index in [2.05, 4.69) is 69.3 Å². The molecular formula is C27H27N5OS. The highest BCUT2D eigenvalue weighted by atomic mass is 32.1. The largest absolute Gasteiger partial charge is 0.382 e. The number of nitrogens with two attached hydrogens (primary N) is 1. The summed E-state index contributed by atoms with van der Waals surface area (Å²) >= 11 is 1.81. The molecule has 172 valence electrons. The van der Waals surface area contributed by atoms with Crippen LogP contribution in [-0.2, 0) is 13.0 Å². The standard InChI is InChI=1S/C27H27N5OS/c1-16-10-24(34-15-16)20-6-8-21-18(12-20)7-9-22(21)30-13-17-4-3-5-19(11-17)23-14-31-26(28)25(32-23)27(33)29-2/h3-6,8,10-12,14-15,22,30H,7,9,13H2,1-2H3,(H2,28,31)(H,29,33). The molecule has 4 aromatic rings. The Morgan fingerprint density at radius 3 is 2.85 bits per heavy atom. The van der Waals surface area contributed by atoms with E-state index in [4.69, 9.17) is 5.73 Å². The number of fused-ring (bicyclic) bond motifs is 1. The van der Waals surface area contributed by atoms with Crippen LogP contribution in [-0.4, -0.2) is 22.9 Å². The summed E-state index contributed by atoms with van der Waals surface area (Å²) in [4.78, 5) is 22.0. The Bertz CT molecular complexity index is 1360. The van der Waals surface area contributed by atoms with Gasteiger partial charge < -0.3 is 16.4 Å². The number of benzene rings is 2. The van der Waals surface area contributed by atoms with Gasteiger partial charge in [-0.25, -0.2) is 9.97 Å². The molecule has 1 aliphatic carbocycles. The van der Waals surface area contributed by atoms with Crippen LogP contribution < -0.4 is 16.4 Å². The van der Waals surface area contributed by atoms with Crippen LogP contribution in [0.4, 0.5) is 5.82 Å². The molecule has 0 fully saturated rings. The average Bonchev–Trinajstić information content (AvgIpc) is 3.48. The summed E-state index contributed by atoms with van der Waals surface area (Å²) in [5.41, 5.74) is 14.1. The number of hydrogen-bond donors (Lipinski definition) is 3. The average molecular weight is 470 g/mol. The van der Waals surface area contributed by atoms with E-state index in [1.54, 1.807) is 24.6 Å². The monoisotopic (exact) mass is 469 g/mol. The van der Waals surface area contributed by atoms with E-state index < -0.39 is 0 Å². The third-order valence-electron chi connectivity index (χ3n) is 6.25. The van der Waals surface area contributed by atoms with Gasteiger partial charge in [0.1, 0.15) is 0 Å². The molecule has 7 heteroatoms. The van der Waals surface area contributed by atoms with E-state index >= 15 is 0 Å². The number of hydrogen-bond acceptors (Lipinski definition) is 6. The van der Waals surface area contributed by atoms with Crippen LogP contribution in [0.1, 0.15) is 45.2 Å². The van der Waals surface area contributed by atoms with E-state index in [1.165, 1.54) is 27.1 Å². The van der Waals surface area contributed by atoms with Gasteiger partial charge in [0.25, 0.3) is 5.91 Å². The molecule has 0 spiro atoms. The number of nitrogens with zero attached hydrogens (tertiary/aromatic N) is 2. The zero-order valence-electron chi connectivity index (χ0n) is 19.3. The fourth-order valence-corrected chi connectivity index (χ4v) is 5.37. The molecule has 0 radical (unpaired) electrons. The highest BCUT2D eigenvalue weighted by molar-refractivity contribution is 7.13. The van der Waals surface area contributed by atoms with Crippen molar-refractivity contribution < 1.29 is 4.79 Å². The maximum Gasteiger partial charge on any atom is 0.273 e. The minimum atomic E-state index is -0.345. The summed E-state index contributed by atoms with van der Waals surface area (Å²) in [6.45, 7) is 2.89. The van der Waals surface area contributed by atoms with Gasteiger partial charge in [0.2, 0.25) is 0 Å². The number of amides is 1. The predicted octanol–water partition coefficient (Wildman–Crippen LogP) is 4.90. The number of anilines is 1. The number of carbonyl (C=O) groups is 1. The third-order valence-corrected chi connectivity index (χ3v) is 7.35. The molecule has 0 saturated carbocycles. The first-order chi connectivity index (χ1) is 16.5. The minimum absolute atomic E-state index is 0.123. The first-order valence-electron chi connectivity index (χ1n) is 11.4. The number of rotatable bonds is 6. The topological polar surface area (TPSA) is 92.9 Å². The molecule has 1 amide bonds. The predicted molar refractivity (Wildman–Crippen MR) is 138 cm³/mol. The fraction of sp³-hybridized carbons (Fsp3) is 0.222. The van der Waals surface area contributed by atoms with Crippen LogP contribution in [0, 0.1) is 6.92 Å². The van der Waals surface area contributed by atoms with Crippen molar-refractivity contribution in [2.24, 2.45) is 0 Å². The summed E-state index contributed by atoms with van der Waals surface area (Å²) in [5, 5.41) is 8.49. The second kappa shape index (κ2) is 9.37. The normalized spacial score (nSPS) is 14.7. The Labute approximate surface area is 203 Å². The van der Waals surface area contributed by atoms with Gasteiger partial charge in [0, 0.05) is 30.1 Å². The molecule has 0 aliphatic heterocycles. The molecule has 5 rings (SSSR count). The van der Waals surface area contributed by atoms with Crippen LogP contribution in [0.25, 0.3) is 21.7 Å². The molecule has 1 unspecified atom stereocenters. The first-order valence-corrected chi connectivity index (χ1v) is 12.3. The van der Waals surface area contributed by atoms with E-state index in [-0.39, 0.29) is 17.4 Å². The molecule has 1 aliphatic rings. The number of aryl methyl sites for hydroxylation is 2. The van der Waals surface area contributed by atoms with Crippen LogP contribution >= 0.6 is 11.3 Å². The van der Waals surface area contributed by atoms with Gasteiger partial charge in [0.05, 0.1) is 11.9 Å². The SMILES string of the molecule is CNC(=O)c1nc(-c2cccc(CNC3CCc4cc(-c5cc(C)cs5)ccc43)c2)cnc1N. The Morgan fingerprint density at radius 1 is 1.18 bits per heavy atom. The molecule has 0 saturated heterocycles. The Balaban J connectivity index is 1.30. The van der Waals surface area contributed by atoms with Gasteiger partial charge >= 0.3 is 0 Å². The summed E-state index contributed by atoms with van der Waals surface area (Å²) in [5.74, 6) is -0.222. The number of thiophene rings is 1. The first kappa shape index (κ1) is 22.3. The number of aromatic nitrogens is 2. The van der Waals surface area contributed by atoms with Crippen molar-refractivity contribution in [2.45, 2.75) is 32.4 Å². The van der Waals surface area contributed by atoms with Gasteiger partial charge in [-0.3, -0.25) is 4.79 Å². The fourth-order valence-electron chi connectivity index (χ4n) is 4.47. The molecule has 34 heavy (non-hydrogen) atoms. The Morgan fingerprint density at radius 2 is 2.06 bits per heavy atom. The lowest BCUT2D eigenvalue weighted by Crippen LogP contribution is -2.21. The number of carbonyl (C=O) groups excluding carboxylic acids is 1. The molecule has 1 atom stereocenters. The van der Waals surface area contributed by atoms with Crippen LogP contribution in [0.5, 0.6) is 0 Å². The summed E-state index contributed by atoms with van der Waals surface area (Å²) in [7, 11) is 1.55. The molecule has 6 nitrogen and oxygen atoms in total. The highest BCUT2D eigenvalue weighted by Crippen LogP contribution is 2.36. The molecule has 2 aromatic carbocycles. The molecule has 2 heterocycles. The van der Waals surface area contributed by atoms with E-state index in [0.29, 0.717) is 11.7 Å². The molecule has 0 bridgehead atoms. The van der Waals surface area contributed by atoms with Crippen molar-refractivity contribution in [3.05, 3.63) is 88.1 Å². The maximum atomic E-state index is 12.0. The van der Waals surface area contributed by atoms with Crippen molar-refractivity contribution in [2.75, 3.05) is 12.8 Å². The van der Waals surface area contributed by atoms with E-state index in [9.17, 15) is 4.79 Å². The second-order valence-electron chi connectivity index (χ2n) is 8.64. The quantitative estimate of drug-likeness (QED) is 0.374. The summed E-state index contributed by atoms with van der Waals surface area (Å²) in [6.07, 6.45) is 3.80. The minimum Gasteiger partial charge on any atom is -0.382 e. The maximum absolute atomic E-state index is 12.0. The molecular weight excluding hydrogens is 442 g/mol. The lowest BCUT2D eigenvalue weighted by atomic mass is 10.0. The van der Waals surface area contributed by atoms with Crippen molar-refractivity contribution in [1.82, 2.24) is 20.6 Å². The van der Waals surface area contributed by atoms with Crippen molar-refractivity contribution in [3.63, 3.8) is 0 Å². The zero-order valence-corrected chi connectivity index (χ0v) is 20.1. The third kappa shape index (κ3) is 4.44. The smallest absolute Gasteiger partial charge is 0.273 e. The Hall–Kier alpha value is -3.55. The van der Waals surface area contributed by atoms with Gasteiger partial charge in [-0.1, -0.05) is 36.4 Å². The zero-order chi connectivity index (χ0) is 23.7. The second-order valence-corrected chi connectivity index (χ2v) is 9.55. The summed E-state index contributed by atoms with van der Waals surface area (Å²) < 4.78 is 0. The highest BCUT2D eigenvalue weighted by Gasteiger charge is 2.22. The van der Waals surface area contributed by atoms with Gasteiger partial charge in [-0.2, -0.15) is 0 Å². The Kier molecular flexibility index (Phi) is 6.13.